The Bertz CT molecular complexity index is 427. The van der Waals surface area contributed by atoms with Gasteiger partial charge in [0.25, 0.3) is 5.91 Å². The topological polar surface area (TPSA) is 46.3 Å². The predicted molar refractivity (Wildman–Crippen MR) is 78.1 cm³/mol. The van der Waals surface area contributed by atoms with Crippen LogP contribution >= 0.6 is 0 Å². The summed E-state index contributed by atoms with van der Waals surface area (Å²) < 4.78 is 0. The molecule has 0 saturated heterocycles. The van der Waals surface area contributed by atoms with Gasteiger partial charge in [0.15, 0.2) is 0 Å². The SMILES string of the molecule is CCCN(CC1CC1)C(=O)c1cccc(CCN)c1. The summed E-state index contributed by atoms with van der Waals surface area (Å²) in [6, 6.07) is 7.90. The summed E-state index contributed by atoms with van der Waals surface area (Å²) in [4.78, 5) is 14.6. The van der Waals surface area contributed by atoms with Crippen molar-refractivity contribution in [3.05, 3.63) is 35.4 Å². The van der Waals surface area contributed by atoms with Crippen LogP contribution in [0.5, 0.6) is 0 Å². The van der Waals surface area contributed by atoms with E-state index in [2.05, 4.69) is 6.92 Å². The average Bonchev–Trinajstić information content (AvgIpc) is 3.22. The number of hydrogen-bond acceptors (Lipinski definition) is 2. The van der Waals surface area contributed by atoms with Crippen molar-refractivity contribution in [2.75, 3.05) is 19.6 Å². The van der Waals surface area contributed by atoms with Crippen LogP contribution in [0, 0.1) is 5.92 Å². The molecule has 0 aromatic heterocycles. The molecule has 1 fully saturated rings. The van der Waals surface area contributed by atoms with Crippen LogP contribution < -0.4 is 5.73 Å². The molecule has 2 N–H and O–H groups in total. The van der Waals surface area contributed by atoms with Gasteiger partial charge in [-0.3, -0.25) is 4.79 Å². The van der Waals surface area contributed by atoms with Gasteiger partial charge in [0.2, 0.25) is 0 Å². The molecule has 1 aliphatic carbocycles. The van der Waals surface area contributed by atoms with Crippen molar-refractivity contribution in [2.24, 2.45) is 11.7 Å². The molecule has 0 unspecified atom stereocenters. The van der Waals surface area contributed by atoms with Gasteiger partial charge in [0, 0.05) is 18.7 Å². The first-order valence-corrected chi connectivity index (χ1v) is 7.33. The zero-order valence-electron chi connectivity index (χ0n) is 11.8. The third-order valence-electron chi connectivity index (χ3n) is 3.56. The monoisotopic (exact) mass is 260 g/mol. The van der Waals surface area contributed by atoms with Crippen LogP contribution in [0.15, 0.2) is 24.3 Å². The highest BCUT2D eigenvalue weighted by molar-refractivity contribution is 5.94. The lowest BCUT2D eigenvalue weighted by molar-refractivity contribution is 0.0747. The molecule has 1 aliphatic rings. The number of carbonyl (C=O) groups excluding carboxylic acids is 1. The van der Waals surface area contributed by atoms with E-state index < -0.39 is 0 Å². The summed E-state index contributed by atoms with van der Waals surface area (Å²) >= 11 is 0. The average molecular weight is 260 g/mol. The van der Waals surface area contributed by atoms with E-state index in [1.54, 1.807) is 0 Å². The van der Waals surface area contributed by atoms with Crippen LogP contribution in [0.1, 0.15) is 42.1 Å². The van der Waals surface area contributed by atoms with E-state index in [0.29, 0.717) is 6.54 Å². The Balaban J connectivity index is 2.08. The fourth-order valence-electron chi connectivity index (χ4n) is 2.37. The Labute approximate surface area is 115 Å². The van der Waals surface area contributed by atoms with Crippen LogP contribution in [0.2, 0.25) is 0 Å². The maximum Gasteiger partial charge on any atom is 0.253 e. The summed E-state index contributed by atoms with van der Waals surface area (Å²) in [7, 11) is 0. The zero-order chi connectivity index (χ0) is 13.7. The third kappa shape index (κ3) is 4.06. The van der Waals surface area contributed by atoms with Crippen LogP contribution in [0.3, 0.4) is 0 Å². The zero-order valence-corrected chi connectivity index (χ0v) is 11.8. The standard InChI is InChI=1S/C16H24N2O/c1-2-10-18(12-14-6-7-14)16(19)15-5-3-4-13(11-15)8-9-17/h3-5,11,14H,2,6-10,12,17H2,1H3. The summed E-state index contributed by atoms with van der Waals surface area (Å²) in [6.45, 7) is 4.53. The van der Waals surface area contributed by atoms with Crippen molar-refractivity contribution >= 4 is 5.91 Å². The summed E-state index contributed by atoms with van der Waals surface area (Å²) in [5.74, 6) is 0.912. The molecule has 104 valence electrons. The summed E-state index contributed by atoms with van der Waals surface area (Å²) in [5.41, 5.74) is 7.53. The van der Waals surface area contributed by atoms with E-state index in [4.69, 9.17) is 5.73 Å². The Morgan fingerprint density at radius 2 is 2.21 bits per heavy atom. The molecule has 0 radical (unpaired) electrons. The lowest BCUT2D eigenvalue weighted by atomic mass is 10.1. The van der Waals surface area contributed by atoms with E-state index in [1.807, 2.05) is 29.2 Å². The van der Waals surface area contributed by atoms with Crippen LogP contribution in [-0.2, 0) is 6.42 Å². The highest BCUT2D eigenvalue weighted by Gasteiger charge is 2.26. The largest absolute Gasteiger partial charge is 0.338 e. The van der Waals surface area contributed by atoms with Gasteiger partial charge in [-0.25, -0.2) is 0 Å². The molecular weight excluding hydrogens is 236 g/mol. The highest BCUT2D eigenvalue weighted by Crippen LogP contribution is 2.30. The van der Waals surface area contributed by atoms with Gasteiger partial charge in [-0.05, 0) is 55.8 Å². The molecule has 1 aromatic rings. The number of amides is 1. The molecule has 19 heavy (non-hydrogen) atoms. The Morgan fingerprint density at radius 3 is 2.84 bits per heavy atom. The van der Waals surface area contributed by atoms with Gasteiger partial charge in [0.05, 0.1) is 0 Å². The second-order valence-corrected chi connectivity index (χ2v) is 5.43. The molecule has 1 amide bonds. The second-order valence-electron chi connectivity index (χ2n) is 5.43. The maximum atomic E-state index is 12.5. The lowest BCUT2D eigenvalue weighted by Crippen LogP contribution is -2.33. The molecule has 0 atom stereocenters. The predicted octanol–water partition coefficient (Wildman–Crippen LogP) is 2.45. The van der Waals surface area contributed by atoms with Crippen molar-refractivity contribution in [3.63, 3.8) is 0 Å². The van der Waals surface area contributed by atoms with Crippen molar-refractivity contribution in [2.45, 2.75) is 32.6 Å². The van der Waals surface area contributed by atoms with E-state index in [0.717, 1.165) is 43.0 Å². The van der Waals surface area contributed by atoms with Gasteiger partial charge in [-0.15, -0.1) is 0 Å². The fraction of sp³-hybridized carbons (Fsp3) is 0.562. The number of nitrogens with zero attached hydrogens (tertiary/aromatic N) is 1. The van der Waals surface area contributed by atoms with Gasteiger partial charge in [-0.1, -0.05) is 19.1 Å². The Morgan fingerprint density at radius 1 is 1.42 bits per heavy atom. The molecule has 1 saturated carbocycles. The van der Waals surface area contributed by atoms with Crippen LogP contribution in [-0.4, -0.2) is 30.4 Å². The molecule has 3 nitrogen and oxygen atoms in total. The maximum absolute atomic E-state index is 12.5. The van der Waals surface area contributed by atoms with Gasteiger partial charge in [-0.2, -0.15) is 0 Å². The minimum Gasteiger partial charge on any atom is -0.338 e. The van der Waals surface area contributed by atoms with Crippen molar-refractivity contribution in [1.29, 1.82) is 0 Å². The molecule has 2 rings (SSSR count). The molecule has 1 aromatic carbocycles. The number of rotatable bonds is 7. The van der Waals surface area contributed by atoms with Gasteiger partial charge >= 0.3 is 0 Å². The van der Waals surface area contributed by atoms with Gasteiger partial charge in [0.1, 0.15) is 0 Å². The minimum absolute atomic E-state index is 0.174. The van der Waals surface area contributed by atoms with Crippen molar-refractivity contribution in [3.8, 4) is 0 Å². The first kappa shape index (κ1) is 14.1. The molecule has 0 bridgehead atoms. The minimum atomic E-state index is 0.174. The van der Waals surface area contributed by atoms with Crippen LogP contribution in [0.4, 0.5) is 0 Å². The first-order valence-electron chi connectivity index (χ1n) is 7.33. The highest BCUT2D eigenvalue weighted by atomic mass is 16.2. The number of hydrogen-bond donors (Lipinski definition) is 1. The fourth-order valence-corrected chi connectivity index (χ4v) is 2.37. The van der Waals surface area contributed by atoms with E-state index in [-0.39, 0.29) is 5.91 Å². The molecule has 0 spiro atoms. The number of nitrogens with two attached hydrogens (primary N) is 1. The molecule has 0 heterocycles. The van der Waals surface area contributed by atoms with E-state index in [9.17, 15) is 4.79 Å². The first-order chi connectivity index (χ1) is 9.24. The number of benzene rings is 1. The lowest BCUT2D eigenvalue weighted by Gasteiger charge is -2.22. The van der Waals surface area contributed by atoms with E-state index >= 15 is 0 Å². The van der Waals surface area contributed by atoms with Crippen molar-refractivity contribution < 1.29 is 4.79 Å². The second kappa shape index (κ2) is 6.71. The van der Waals surface area contributed by atoms with Crippen LogP contribution in [0.25, 0.3) is 0 Å². The normalized spacial score (nSPS) is 14.4. The van der Waals surface area contributed by atoms with Gasteiger partial charge < -0.3 is 10.6 Å². The Kier molecular flexibility index (Phi) is 4.97. The van der Waals surface area contributed by atoms with E-state index in [1.165, 1.54) is 12.8 Å². The molecular formula is C16H24N2O. The summed E-state index contributed by atoms with van der Waals surface area (Å²) in [5, 5.41) is 0. The smallest absolute Gasteiger partial charge is 0.253 e. The third-order valence-corrected chi connectivity index (χ3v) is 3.56. The van der Waals surface area contributed by atoms with Crippen molar-refractivity contribution in [1.82, 2.24) is 4.90 Å². The quantitative estimate of drug-likeness (QED) is 0.818. The number of carbonyl (C=O) groups is 1. The molecule has 0 aliphatic heterocycles. The summed E-state index contributed by atoms with van der Waals surface area (Å²) in [6.07, 6.45) is 4.40. The molecule has 3 heteroatoms. The Hall–Kier alpha value is -1.35.